The molecule has 0 bridgehead atoms. The van der Waals surface area contributed by atoms with Crippen LogP contribution in [-0.2, 0) is 0 Å². The highest BCUT2D eigenvalue weighted by Crippen LogP contribution is 2.40. The zero-order valence-corrected chi connectivity index (χ0v) is 14.8. The molecule has 2 aliphatic rings. The molecule has 0 heterocycles. The zero-order valence-electron chi connectivity index (χ0n) is 14.8. The lowest BCUT2D eigenvalue weighted by Gasteiger charge is -2.31. The van der Waals surface area contributed by atoms with Gasteiger partial charge in [-0.15, -0.1) is 0 Å². The third kappa shape index (κ3) is 3.78. The highest BCUT2D eigenvalue weighted by Gasteiger charge is 2.24. The minimum atomic E-state index is 0.321. The molecule has 0 heteroatoms. The second-order valence-corrected chi connectivity index (χ2v) is 8.26. The Balaban J connectivity index is 2.16. The summed E-state index contributed by atoms with van der Waals surface area (Å²) in [6.07, 6.45) is 15.7. The van der Waals surface area contributed by atoms with Gasteiger partial charge in [0.1, 0.15) is 0 Å². The molecule has 0 spiro atoms. The van der Waals surface area contributed by atoms with Gasteiger partial charge in [0, 0.05) is 0 Å². The second kappa shape index (κ2) is 5.99. The van der Waals surface area contributed by atoms with Crippen molar-refractivity contribution < 1.29 is 0 Å². The largest absolute Gasteiger partial charge is 0.0646 e. The Kier molecular flexibility index (Phi) is 4.66. The van der Waals surface area contributed by atoms with Crippen molar-refractivity contribution in [2.24, 2.45) is 10.8 Å². The van der Waals surface area contributed by atoms with E-state index in [1.165, 1.54) is 32.1 Å². The van der Waals surface area contributed by atoms with Gasteiger partial charge in [-0.3, -0.25) is 0 Å². The van der Waals surface area contributed by atoms with Crippen LogP contribution in [0.5, 0.6) is 0 Å². The summed E-state index contributed by atoms with van der Waals surface area (Å²) in [7, 11) is 0. The Labute approximate surface area is 131 Å². The molecule has 0 radical (unpaired) electrons. The first-order valence-electron chi connectivity index (χ1n) is 8.55. The van der Waals surface area contributed by atoms with Crippen LogP contribution in [0.3, 0.4) is 0 Å². The Morgan fingerprint density at radius 3 is 1.52 bits per heavy atom. The molecule has 2 rings (SSSR count). The van der Waals surface area contributed by atoms with Gasteiger partial charge in [-0.1, -0.05) is 77.0 Å². The van der Waals surface area contributed by atoms with E-state index >= 15 is 0 Å². The van der Waals surface area contributed by atoms with E-state index in [4.69, 9.17) is 0 Å². The summed E-state index contributed by atoms with van der Waals surface area (Å²) in [6.45, 7) is 14.0. The van der Waals surface area contributed by atoms with Crippen molar-refractivity contribution in [3.63, 3.8) is 0 Å². The maximum atomic E-state index is 2.40. The van der Waals surface area contributed by atoms with Gasteiger partial charge >= 0.3 is 0 Å². The topological polar surface area (TPSA) is 0 Å². The van der Waals surface area contributed by atoms with Gasteiger partial charge in [0.05, 0.1) is 0 Å². The summed E-state index contributed by atoms with van der Waals surface area (Å²) < 4.78 is 0. The number of allylic oxidation sites excluding steroid dienone is 8. The van der Waals surface area contributed by atoms with Gasteiger partial charge in [-0.2, -0.15) is 0 Å². The van der Waals surface area contributed by atoms with Crippen LogP contribution in [0.15, 0.2) is 46.6 Å². The lowest BCUT2D eigenvalue weighted by molar-refractivity contribution is 0.412. The predicted molar refractivity (Wildman–Crippen MR) is 94.3 cm³/mol. The summed E-state index contributed by atoms with van der Waals surface area (Å²) in [5.41, 5.74) is 7.02. The summed E-state index contributed by atoms with van der Waals surface area (Å²) in [4.78, 5) is 0. The van der Waals surface area contributed by atoms with E-state index in [0.717, 1.165) is 0 Å². The van der Waals surface area contributed by atoms with E-state index in [-0.39, 0.29) is 0 Å². The average molecular weight is 284 g/mol. The van der Waals surface area contributed by atoms with Crippen LogP contribution in [0, 0.1) is 10.8 Å². The normalized spacial score (nSPS) is 20.5. The minimum Gasteiger partial charge on any atom is -0.0646 e. The Hall–Kier alpha value is -1.04. The molecule has 0 N–H and O–H groups in total. The minimum absolute atomic E-state index is 0.321. The maximum Gasteiger partial charge on any atom is -0.0144 e. The van der Waals surface area contributed by atoms with Crippen LogP contribution in [0.1, 0.15) is 73.6 Å². The fourth-order valence-corrected chi connectivity index (χ4v) is 3.23. The van der Waals surface area contributed by atoms with E-state index in [9.17, 15) is 0 Å². The van der Waals surface area contributed by atoms with Crippen molar-refractivity contribution in [1.82, 2.24) is 0 Å². The Morgan fingerprint density at radius 2 is 1.19 bits per heavy atom. The zero-order chi connectivity index (χ0) is 15.7. The van der Waals surface area contributed by atoms with Crippen LogP contribution < -0.4 is 0 Å². The van der Waals surface area contributed by atoms with Crippen LogP contribution in [0.25, 0.3) is 0 Å². The Bertz CT molecular complexity index is 513. The van der Waals surface area contributed by atoms with Crippen LogP contribution in [0.4, 0.5) is 0 Å². The van der Waals surface area contributed by atoms with Gasteiger partial charge in [-0.05, 0) is 54.1 Å². The van der Waals surface area contributed by atoms with Gasteiger partial charge in [0.2, 0.25) is 0 Å². The first-order chi connectivity index (χ1) is 9.74. The highest BCUT2D eigenvalue weighted by atomic mass is 14.3. The monoisotopic (exact) mass is 284 g/mol. The summed E-state index contributed by atoms with van der Waals surface area (Å²) in [5.74, 6) is 0. The molecular weight excluding hydrogens is 252 g/mol. The van der Waals surface area contributed by atoms with E-state index in [0.29, 0.717) is 10.8 Å². The fraction of sp³-hybridized carbons (Fsp3) is 0.619. The van der Waals surface area contributed by atoms with Crippen molar-refractivity contribution in [3.8, 4) is 0 Å². The lowest BCUT2D eigenvalue weighted by atomic mass is 9.75. The van der Waals surface area contributed by atoms with Crippen LogP contribution >= 0.6 is 0 Å². The molecule has 0 aromatic rings. The average Bonchev–Trinajstić information content (AvgIpc) is 2.47. The van der Waals surface area contributed by atoms with Gasteiger partial charge in [0.25, 0.3) is 0 Å². The van der Waals surface area contributed by atoms with Gasteiger partial charge in [0.15, 0.2) is 0 Å². The molecule has 116 valence electrons. The highest BCUT2D eigenvalue weighted by molar-refractivity contribution is 5.43. The third-order valence-corrected chi connectivity index (χ3v) is 5.43. The van der Waals surface area contributed by atoms with Crippen molar-refractivity contribution in [1.29, 1.82) is 0 Å². The lowest BCUT2D eigenvalue weighted by Crippen LogP contribution is -2.16. The number of hydrogen-bond donors (Lipinski definition) is 0. The van der Waals surface area contributed by atoms with Crippen molar-refractivity contribution in [2.75, 3.05) is 0 Å². The van der Waals surface area contributed by atoms with Crippen molar-refractivity contribution >= 4 is 0 Å². The van der Waals surface area contributed by atoms with E-state index < -0.39 is 0 Å². The SMILES string of the molecule is CCC(C)(C)C1=CC=C(C2=CC=C(C(C)(C)C)CC2)CC1. The molecular formula is C21H32. The molecule has 0 aromatic carbocycles. The molecule has 21 heavy (non-hydrogen) atoms. The Morgan fingerprint density at radius 1 is 0.714 bits per heavy atom. The smallest absolute Gasteiger partial charge is 0.0144 e. The maximum absolute atomic E-state index is 2.40. The summed E-state index contributed by atoms with van der Waals surface area (Å²) >= 11 is 0. The summed E-state index contributed by atoms with van der Waals surface area (Å²) in [6, 6.07) is 0. The van der Waals surface area contributed by atoms with Crippen molar-refractivity contribution in [3.05, 3.63) is 46.6 Å². The van der Waals surface area contributed by atoms with Crippen LogP contribution in [-0.4, -0.2) is 0 Å². The first kappa shape index (κ1) is 16.3. The molecule has 0 aliphatic heterocycles. The quantitative estimate of drug-likeness (QED) is 0.537. The van der Waals surface area contributed by atoms with E-state index in [1.807, 2.05) is 0 Å². The molecule has 0 unspecified atom stereocenters. The van der Waals surface area contributed by atoms with Gasteiger partial charge in [-0.25, -0.2) is 0 Å². The summed E-state index contributed by atoms with van der Waals surface area (Å²) in [5, 5.41) is 0. The molecule has 0 fully saturated rings. The van der Waals surface area contributed by atoms with E-state index in [2.05, 4.69) is 65.8 Å². The molecule has 0 amide bonds. The van der Waals surface area contributed by atoms with Gasteiger partial charge < -0.3 is 0 Å². The molecule has 2 aliphatic carbocycles. The predicted octanol–water partition coefficient (Wildman–Crippen LogP) is 6.76. The van der Waals surface area contributed by atoms with Crippen LogP contribution in [0.2, 0.25) is 0 Å². The molecule has 0 nitrogen and oxygen atoms in total. The molecule has 0 saturated heterocycles. The first-order valence-corrected chi connectivity index (χ1v) is 8.55. The standard InChI is InChI=1S/C21H32/c1-7-21(5,6)19-14-10-17(11-15-19)16-8-12-18(13-9-16)20(2,3)4/h8,10,12,14H,7,9,11,13,15H2,1-6H3. The molecule has 0 saturated carbocycles. The molecule has 0 atom stereocenters. The molecule has 0 aromatic heterocycles. The third-order valence-electron chi connectivity index (χ3n) is 5.43. The second-order valence-electron chi connectivity index (χ2n) is 8.26. The fourth-order valence-electron chi connectivity index (χ4n) is 3.23. The van der Waals surface area contributed by atoms with Crippen molar-refractivity contribution in [2.45, 2.75) is 73.6 Å². The number of rotatable bonds is 3. The van der Waals surface area contributed by atoms with E-state index in [1.54, 1.807) is 22.3 Å². The number of hydrogen-bond acceptors (Lipinski definition) is 0.